The number of aromatic nitrogens is 2. The lowest BCUT2D eigenvalue weighted by molar-refractivity contribution is 0.00998. The van der Waals surface area contributed by atoms with Crippen molar-refractivity contribution in [1.82, 2.24) is 19.6 Å². The van der Waals surface area contributed by atoms with Gasteiger partial charge in [0.1, 0.15) is 6.10 Å². The molecular weight excluding hydrogens is 308 g/mol. The van der Waals surface area contributed by atoms with Crippen LogP contribution in [-0.2, 0) is 6.54 Å². The van der Waals surface area contributed by atoms with E-state index in [0.717, 1.165) is 23.3 Å². The van der Waals surface area contributed by atoms with Crippen molar-refractivity contribution in [1.29, 1.82) is 0 Å². The van der Waals surface area contributed by atoms with Crippen LogP contribution in [0.3, 0.4) is 0 Å². The van der Waals surface area contributed by atoms with Gasteiger partial charge in [-0.15, -0.1) is 0 Å². The molecule has 0 radical (unpaired) electrons. The maximum atomic E-state index is 10.7. The van der Waals surface area contributed by atoms with Gasteiger partial charge in [-0.3, -0.25) is 4.68 Å². The van der Waals surface area contributed by atoms with Crippen LogP contribution in [0.4, 0.5) is 0 Å². The number of rotatable bonds is 6. The second kappa shape index (κ2) is 6.35. The van der Waals surface area contributed by atoms with E-state index in [1.54, 1.807) is 6.20 Å². The van der Waals surface area contributed by atoms with Gasteiger partial charge in [0.05, 0.1) is 22.9 Å². The molecule has 1 aromatic heterocycles. The maximum Gasteiger partial charge on any atom is 0.114 e. The number of halogens is 1. The molecule has 0 aliphatic heterocycles. The molecule has 1 rings (SSSR count). The summed E-state index contributed by atoms with van der Waals surface area (Å²) in [6.45, 7) is 5.69. The fraction of sp³-hybridized carbons (Fsp3) is 0.769. The Morgan fingerprint density at radius 2 is 1.95 bits per heavy atom. The Labute approximate surface area is 124 Å². The van der Waals surface area contributed by atoms with Gasteiger partial charge in [0.2, 0.25) is 0 Å². The van der Waals surface area contributed by atoms with Crippen LogP contribution in [0.2, 0.25) is 0 Å². The molecular formula is C13H25BrN4O. The number of likely N-dealkylation sites (N-methyl/N-ethyl adjacent to an activating group) is 2. The fourth-order valence-electron chi connectivity index (χ4n) is 1.70. The molecule has 5 nitrogen and oxygen atoms in total. The number of hydrogen-bond donors (Lipinski definition) is 1. The molecule has 110 valence electrons. The summed E-state index contributed by atoms with van der Waals surface area (Å²) >= 11 is 3.49. The highest BCUT2D eigenvalue weighted by molar-refractivity contribution is 9.10. The highest BCUT2D eigenvalue weighted by atomic mass is 79.9. The van der Waals surface area contributed by atoms with Gasteiger partial charge >= 0.3 is 0 Å². The molecule has 0 saturated heterocycles. The van der Waals surface area contributed by atoms with Crippen LogP contribution in [0.1, 0.15) is 25.6 Å². The highest BCUT2D eigenvalue weighted by Gasteiger charge is 2.34. The summed E-state index contributed by atoms with van der Waals surface area (Å²) < 4.78 is 2.73. The first-order valence-electron chi connectivity index (χ1n) is 6.39. The lowest BCUT2D eigenvalue weighted by atomic mass is 9.93. The molecule has 1 atom stereocenters. The molecule has 0 aliphatic carbocycles. The largest absolute Gasteiger partial charge is 0.385 e. The summed E-state index contributed by atoms with van der Waals surface area (Å²) in [6.07, 6.45) is 1.14. The Morgan fingerprint density at radius 1 is 1.37 bits per heavy atom. The van der Waals surface area contributed by atoms with Crippen molar-refractivity contribution in [2.75, 3.05) is 34.7 Å². The minimum atomic E-state index is -0.610. The van der Waals surface area contributed by atoms with Gasteiger partial charge in [-0.1, -0.05) is 0 Å². The molecule has 1 heterocycles. The topological polar surface area (TPSA) is 44.5 Å². The van der Waals surface area contributed by atoms with E-state index in [4.69, 9.17) is 0 Å². The number of aliphatic hydroxyl groups excluding tert-OH is 1. The average Bonchev–Trinajstić information content (AvgIpc) is 2.66. The third-order valence-corrected chi connectivity index (χ3v) is 4.28. The average molecular weight is 333 g/mol. The second-order valence-corrected chi connectivity index (χ2v) is 6.71. The summed E-state index contributed by atoms with van der Waals surface area (Å²) in [4.78, 5) is 4.12. The van der Waals surface area contributed by atoms with Crippen molar-refractivity contribution in [3.63, 3.8) is 0 Å². The summed E-state index contributed by atoms with van der Waals surface area (Å²) in [6, 6.07) is 0. The van der Waals surface area contributed by atoms with Crippen LogP contribution >= 0.6 is 15.9 Å². The summed E-state index contributed by atoms with van der Waals surface area (Å²) in [5.41, 5.74) is 0.471. The Kier molecular flexibility index (Phi) is 5.55. The third kappa shape index (κ3) is 3.78. The maximum absolute atomic E-state index is 10.7. The molecule has 0 spiro atoms. The van der Waals surface area contributed by atoms with Crippen LogP contribution in [0.5, 0.6) is 0 Å². The lowest BCUT2D eigenvalue weighted by Crippen LogP contribution is -2.44. The molecule has 0 amide bonds. The van der Waals surface area contributed by atoms with E-state index < -0.39 is 6.10 Å². The summed E-state index contributed by atoms with van der Waals surface area (Å²) in [5, 5.41) is 15.0. The standard InChI is InChI=1S/C13H25BrN4O/c1-13(2,17(5)6)12(19)11-10(14)9-15-18(11)8-7-16(3)4/h9,12,19H,7-8H2,1-6H3. The zero-order chi connectivity index (χ0) is 14.8. The monoisotopic (exact) mass is 332 g/mol. The van der Waals surface area contributed by atoms with E-state index in [0.29, 0.717) is 0 Å². The van der Waals surface area contributed by atoms with E-state index in [9.17, 15) is 5.11 Å². The van der Waals surface area contributed by atoms with Crippen LogP contribution in [0.25, 0.3) is 0 Å². The molecule has 0 fully saturated rings. The van der Waals surface area contributed by atoms with Gasteiger partial charge in [0.25, 0.3) is 0 Å². The minimum absolute atomic E-state index is 0.363. The molecule has 1 unspecified atom stereocenters. The summed E-state index contributed by atoms with van der Waals surface area (Å²) in [7, 11) is 7.99. The van der Waals surface area contributed by atoms with Crippen LogP contribution < -0.4 is 0 Å². The second-order valence-electron chi connectivity index (χ2n) is 5.85. The van der Waals surface area contributed by atoms with E-state index >= 15 is 0 Å². The Hall–Kier alpha value is -0.430. The molecule has 0 bridgehead atoms. The normalized spacial score (nSPS) is 14.4. The van der Waals surface area contributed by atoms with Crippen LogP contribution in [0.15, 0.2) is 10.7 Å². The van der Waals surface area contributed by atoms with Crippen molar-refractivity contribution in [2.45, 2.75) is 32.0 Å². The Morgan fingerprint density at radius 3 is 2.42 bits per heavy atom. The zero-order valence-corrected chi connectivity index (χ0v) is 14.3. The van der Waals surface area contributed by atoms with Gasteiger partial charge in [-0.25, -0.2) is 0 Å². The minimum Gasteiger partial charge on any atom is -0.385 e. The van der Waals surface area contributed by atoms with Gasteiger partial charge in [0, 0.05) is 12.1 Å². The molecule has 0 aliphatic rings. The van der Waals surface area contributed by atoms with E-state index in [2.05, 4.69) is 25.9 Å². The molecule has 1 N–H and O–H groups in total. The van der Waals surface area contributed by atoms with Crippen molar-refractivity contribution in [3.05, 3.63) is 16.4 Å². The van der Waals surface area contributed by atoms with E-state index in [1.807, 2.05) is 51.6 Å². The molecule has 19 heavy (non-hydrogen) atoms. The first kappa shape index (κ1) is 16.6. The fourth-order valence-corrected chi connectivity index (χ4v) is 2.21. The van der Waals surface area contributed by atoms with Gasteiger partial charge in [0.15, 0.2) is 0 Å². The number of aliphatic hydroxyl groups is 1. The third-order valence-electron chi connectivity index (χ3n) is 3.67. The quantitative estimate of drug-likeness (QED) is 0.859. The SMILES string of the molecule is CN(C)CCn1ncc(Br)c1C(O)C(C)(C)N(C)C. The van der Waals surface area contributed by atoms with Gasteiger partial charge in [-0.2, -0.15) is 5.10 Å². The highest BCUT2D eigenvalue weighted by Crippen LogP contribution is 2.33. The number of hydrogen-bond acceptors (Lipinski definition) is 4. The number of nitrogens with zero attached hydrogens (tertiary/aromatic N) is 4. The smallest absolute Gasteiger partial charge is 0.114 e. The summed E-state index contributed by atoms with van der Waals surface area (Å²) in [5.74, 6) is 0. The van der Waals surface area contributed by atoms with Crippen molar-refractivity contribution < 1.29 is 5.11 Å². The molecule has 6 heteroatoms. The Balaban J connectivity index is 3.02. The predicted molar refractivity (Wildman–Crippen MR) is 81.2 cm³/mol. The van der Waals surface area contributed by atoms with Gasteiger partial charge in [-0.05, 0) is 58.0 Å². The van der Waals surface area contributed by atoms with Crippen LogP contribution in [0, 0.1) is 0 Å². The van der Waals surface area contributed by atoms with E-state index in [1.165, 1.54) is 0 Å². The van der Waals surface area contributed by atoms with Crippen LogP contribution in [-0.4, -0.2) is 65.0 Å². The Bertz CT molecular complexity index is 415. The predicted octanol–water partition coefficient (Wildman–Crippen LogP) is 1.58. The first-order valence-corrected chi connectivity index (χ1v) is 7.18. The molecule has 0 saturated carbocycles. The van der Waals surface area contributed by atoms with Crippen molar-refractivity contribution in [2.24, 2.45) is 0 Å². The lowest BCUT2D eigenvalue weighted by Gasteiger charge is -2.37. The van der Waals surface area contributed by atoms with E-state index in [-0.39, 0.29) is 5.54 Å². The van der Waals surface area contributed by atoms with Crippen molar-refractivity contribution >= 4 is 15.9 Å². The zero-order valence-electron chi connectivity index (χ0n) is 12.7. The first-order chi connectivity index (χ1) is 8.67. The van der Waals surface area contributed by atoms with Gasteiger partial charge < -0.3 is 14.9 Å². The molecule has 0 aromatic carbocycles. The molecule has 1 aromatic rings. The van der Waals surface area contributed by atoms with Crippen molar-refractivity contribution in [3.8, 4) is 0 Å².